The number of halogens is 1. The Hall–Kier alpha value is -0.670. The summed E-state index contributed by atoms with van der Waals surface area (Å²) in [5.41, 5.74) is 0.947. The highest BCUT2D eigenvalue weighted by Gasteiger charge is 2.22. The molecular weight excluding hydrogens is 280 g/mol. The quantitative estimate of drug-likeness (QED) is 0.874. The van der Waals surface area contributed by atoms with Gasteiger partial charge in [0.15, 0.2) is 5.78 Å². The van der Waals surface area contributed by atoms with Crippen LogP contribution in [0.5, 0.6) is 0 Å². The lowest BCUT2D eigenvalue weighted by molar-refractivity contribution is -0.129. The zero-order chi connectivity index (χ0) is 12.8. The van der Waals surface area contributed by atoms with Gasteiger partial charge in [0, 0.05) is 10.9 Å². The van der Waals surface area contributed by atoms with Gasteiger partial charge in [0.2, 0.25) is 0 Å². The molecule has 1 N–H and O–H groups in total. The molecule has 0 radical (unpaired) electrons. The first-order chi connectivity index (χ1) is 8.08. The van der Waals surface area contributed by atoms with Crippen LogP contribution in [0.4, 0.5) is 0 Å². The summed E-state index contributed by atoms with van der Waals surface area (Å²) in [5, 5.41) is 9.93. The van der Waals surface area contributed by atoms with Gasteiger partial charge in [0.05, 0.1) is 0 Å². The zero-order valence-corrected chi connectivity index (χ0v) is 11.9. The molecule has 3 heteroatoms. The van der Waals surface area contributed by atoms with Crippen LogP contribution in [-0.2, 0) is 11.2 Å². The van der Waals surface area contributed by atoms with E-state index in [-0.39, 0.29) is 11.7 Å². The van der Waals surface area contributed by atoms with Crippen molar-refractivity contribution in [3.63, 3.8) is 0 Å². The van der Waals surface area contributed by atoms with Crippen LogP contribution in [0.1, 0.15) is 32.3 Å². The SMILES string of the molecule is CCC(CC)C(O)C(=O)Cc1ccc(Br)cc1. The molecule has 0 aliphatic rings. The summed E-state index contributed by atoms with van der Waals surface area (Å²) in [6.07, 6.45) is 1.16. The van der Waals surface area contributed by atoms with Crippen molar-refractivity contribution in [1.29, 1.82) is 0 Å². The fourth-order valence-electron chi connectivity index (χ4n) is 1.91. The molecular formula is C14H19BrO2. The number of Topliss-reactive ketones (excluding diaryl/α,β-unsaturated/α-hetero) is 1. The van der Waals surface area contributed by atoms with Gasteiger partial charge >= 0.3 is 0 Å². The van der Waals surface area contributed by atoms with Gasteiger partial charge in [-0.05, 0) is 23.6 Å². The van der Waals surface area contributed by atoms with E-state index in [1.54, 1.807) is 0 Å². The number of benzene rings is 1. The minimum atomic E-state index is -0.825. The molecule has 1 atom stereocenters. The Balaban J connectivity index is 2.62. The normalized spacial score (nSPS) is 12.8. The summed E-state index contributed by atoms with van der Waals surface area (Å²) in [7, 11) is 0. The Labute approximate surface area is 111 Å². The number of hydrogen-bond donors (Lipinski definition) is 1. The minimum absolute atomic E-state index is 0.0814. The largest absolute Gasteiger partial charge is 0.385 e. The average molecular weight is 299 g/mol. The van der Waals surface area contributed by atoms with Crippen LogP contribution in [-0.4, -0.2) is 17.0 Å². The van der Waals surface area contributed by atoms with Crippen molar-refractivity contribution in [2.75, 3.05) is 0 Å². The van der Waals surface area contributed by atoms with E-state index in [9.17, 15) is 9.90 Å². The number of carbonyl (C=O) groups excluding carboxylic acids is 1. The molecule has 17 heavy (non-hydrogen) atoms. The van der Waals surface area contributed by atoms with Gasteiger partial charge in [-0.25, -0.2) is 0 Å². The van der Waals surface area contributed by atoms with Crippen molar-refractivity contribution in [3.05, 3.63) is 34.3 Å². The summed E-state index contributed by atoms with van der Waals surface area (Å²) in [6.45, 7) is 4.01. The van der Waals surface area contributed by atoms with Crippen molar-refractivity contribution in [3.8, 4) is 0 Å². The Bertz CT molecular complexity index is 355. The molecule has 0 aromatic heterocycles. The van der Waals surface area contributed by atoms with Crippen LogP contribution >= 0.6 is 15.9 Å². The third-order valence-corrected chi connectivity index (χ3v) is 3.65. The molecule has 1 aromatic rings. The molecule has 0 saturated carbocycles. The maximum atomic E-state index is 11.9. The molecule has 0 aliphatic carbocycles. The average Bonchev–Trinajstić information content (AvgIpc) is 2.33. The van der Waals surface area contributed by atoms with Gasteiger partial charge in [-0.15, -0.1) is 0 Å². The second-order valence-electron chi connectivity index (χ2n) is 4.29. The molecule has 0 amide bonds. The van der Waals surface area contributed by atoms with Crippen molar-refractivity contribution in [2.24, 2.45) is 5.92 Å². The van der Waals surface area contributed by atoms with E-state index in [0.717, 1.165) is 22.9 Å². The monoisotopic (exact) mass is 298 g/mol. The Morgan fingerprint density at radius 1 is 1.24 bits per heavy atom. The first kappa shape index (κ1) is 14.4. The summed E-state index contributed by atoms with van der Waals surface area (Å²) in [5.74, 6) is -0.000953. The second-order valence-corrected chi connectivity index (χ2v) is 5.21. The molecule has 94 valence electrons. The van der Waals surface area contributed by atoms with E-state index in [1.165, 1.54) is 0 Å². The van der Waals surface area contributed by atoms with Crippen LogP contribution in [0.2, 0.25) is 0 Å². The molecule has 0 spiro atoms. The Morgan fingerprint density at radius 3 is 2.24 bits per heavy atom. The molecule has 0 fully saturated rings. The van der Waals surface area contributed by atoms with E-state index >= 15 is 0 Å². The number of carbonyl (C=O) groups is 1. The maximum Gasteiger partial charge on any atom is 0.165 e. The molecule has 2 nitrogen and oxygen atoms in total. The zero-order valence-electron chi connectivity index (χ0n) is 10.3. The van der Waals surface area contributed by atoms with Gasteiger partial charge in [-0.3, -0.25) is 4.79 Å². The summed E-state index contributed by atoms with van der Waals surface area (Å²) >= 11 is 3.35. The lowest BCUT2D eigenvalue weighted by Gasteiger charge is -2.18. The fraction of sp³-hybridized carbons (Fsp3) is 0.500. The van der Waals surface area contributed by atoms with E-state index in [2.05, 4.69) is 15.9 Å². The van der Waals surface area contributed by atoms with Crippen LogP contribution in [0.3, 0.4) is 0 Å². The van der Waals surface area contributed by atoms with Gasteiger partial charge in [-0.1, -0.05) is 54.8 Å². The first-order valence-corrected chi connectivity index (χ1v) is 6.83. The van der Waals surface area contributed by atoms with Crippen molar-refractivity contribution < 1.29 is 9.90 Å². The Morgan fingerprint density at radius 2 is 1.76 bits per heavy atom. The topological polar surface area (TPSA) is 37.3 Å². The Kier molecular flexibility index (Phi) is 5.86. The molecule has 1 rings (SSSR count). The molecule has 0 aliphatic heterocycles. The number of hydrogen-bond acceptors (Lipinski definition) is 2. The van der Waals surface area contributed by atoms with Crippen molar-refractivity contribution >= 4 is 21.7 Å². The summed E-state index contributed by atoms with van der Waals surface area (Å²) < 4.78 is 0.995. The van der Waals surface area contributed by atoms with Crippen molar-refractivity contribution in [1.82, 2.24) is 0 Å². The molecule has 0 saturated heterocycles. The van der Waals surface area contributed by atoms with Gasteiger partial charge < -0.3 is 5.11 Å². The minimum Gasteiger partial charge on any atom is -0.385 e. The number of aliphatic hydroxyl groups is 1. The predicted molar refractivity (Wildman–Crippen MR) is 72.9 cm³/mol. The highest BCUT2D eigenvalue weighted by atomic mass is 79.9. The smallest absolute Gasteiger partial charge is 0.165 e. The molecule has 1 unspecified atom stereocenters. The third kappa shape index (κ3) is 4.25. The maximum absolute atomic E-state index is 11.9. The van der Waals surface area contributed by atoms with E-state index in [1.807, 2.05) is 38.1 Å². The number of aliphatic hydroxyl groups excluding tert-OH is 1. The highest BCUT2D eigenvalue weighted by Crippen LogP contribution is 2.17. The summed E-state index contributed by atoms with van der Waals surface area (Å²) in [4.78, 5) is 11.9. The van der Waals surface area contributed by atoms with E-state index in [0.29, 0.717) is 6.42 Å². The fourth-order valence-corrected chi connectivity index (χ4v) is 2.17. The van der Waals surface area contributed by atoms with Crippen LogP contribution in [0.25, 0.3) is 0 Å². The summed E-state index contributed by atoms with van der Waals surface area (Å²) in [6, 6.07) is 7.63. The lowest BCUT2D eigenvalue weighted by atomic mass is 9.91. The second kappa shape index (κ2) is 6.92. The predicted octanol–water partition coefficient (Wildman–Crippen LogP) is 3.36. The van der Waals surface area contributed by atoms with Gasteiger partial charge in [0.1, 0.15) is 6.10 Å². The van der Waals surface area contributed by atoms with Crippen molar-refractivity contribution in [2.45, 2.75) is 39.2 Å². The molecule has 0 heterocycles. The van der Waals surface area contributed by atoms with Gasteiger partial charge in [0.25, 0.3) is 0 Å². The van der Waals surface area contributed by atoms with Gasteiger partial charge in [-0.2, -0.15) is 0 Å². The highest BCUT2D eigenvalue weighted by molar-refractivity contribution is 9.10. The molecule has 0 bridgehead atoms. The number of rotatable bonds is 6. The third-order valence-electron chi connectivity index (χ3n) is 3.12. The lowest BCUT2D eigenvalue weighted by Crippen LogP contribution is -2.30. The van der Waals surface area contributed by atoms with Crippen LogP contribution in [0.15, 0.2) is 28.7 Å². The van der Waals surface area contributed by atoms with Crippen LogP contribution < -0.4 is 0 Å². The number of ketones is 1. The van der Waals surface area contributed by atoms with E-state index in [4.69, 9.17) is 0 Å². The van der Waals surface area contributed by atoms with Crippen LogP contribution in [0, 0.1) is 5.92 Å². The van der Waals surface area contributed by atoms with E-state index < -0.39 is 6.10 Å². The first-order valence-electron chi connectivity index (χ1n) is 6.03. The standard InChI is InChI=1S/C14H19BrO2/c1-3-11(4-2)14(17)13(16)9-10-5-7-12(15)8-6-10/h5-8,11,14,17H,3-4,9H2,1-2H3. The molecule has 1 aromatic carbocycles.